The van der Waals surface area contributed by atoms with Gasteiger partial charge >= 0.3 is 0 Å². The molecule has 2 heterocycles. The van der Waals surface area contributed by atoms with Gasteiger partial charge in [0.1, 0.15) is 11.6 Å². The van der Waals surface area contributed by atoms with Crippen molar-refractivity contribution in [1.82, 2.24) is 14.8 Å². The van der Waals surface area contributed by atoms with Crippen molar-refractivity contribution in [2.24, 2.45) is 0 Å². The molecule has 3 nitrogen and oxygen atoms in total. The summed E-state index contributed by atoms with van der Waals surface area (Å²) >= 11 is 5.98. The van der Waals surface area contributed by atoms with Gasteiger partial charge in [-0.15, -0.1) is 10.2 Å². The number of aryl methyl sites for hydroxylation is 3. The van der Waals surface area contributed by atoms with E-state index in [0.29, 0.717) is 0 Å². The third-order valence-electron chi connectivity index (χ3n) is 2.79. The Hall–Kier alpha value is -1.35. The highest BCUT2D eigenvalue weighted by atomic mass is 35.5. The molecule has 0 saturated heterocycles. The minimum atomic E-state index is 0.794. The quantitative estimate of drug-likeness (QED) is 0.681. The normalized spacial score (nSPS) is 13.5. The average molecular weight is 220 g/mol. The van der Waals surface area contributed by atoms with Gasteiger partial charge in [-0.05, 0) is 37.1 Å². The monoisotopic (exact) mass is 219 g/mol. The topological polar surface area (TPSA) is 30.7 Å². The first kappa shape index (κ1) is 8.92. The summed E-state index contributed by atoms with van der Waals surface area (Å²) in [6.07, 6.45) is 1.93. The lowest BCUT2D eigenvalue weighted by atomic mass is 10.0. The van der Waals surface area contributed by atoms with E-state index in [9.17, 15) is 0 Å². The van der Waals surface area contributed by atoms with E-state index < -0.39 is 0 Å². The van der Waals surface area contributed by atoms with Crippen LogP contribution >= 0.6 is 11.6 Å². The maximum absolute atomic E-state index is 5.98. The van der Waals surface area contributed by atoms with E-state index >= 15 is 0 Å². The molecule has 0 unspecified atom stereocenters. The summed E-state index contributed by atoms with van der Waals surface area (Å²) in [5.74, 6) is 1.98. The standard InChI is InChI=1S/C11H10ClN3/c1-7-13-14-11-5-2-8-6-9(12)3-4-10(8)15(7)11/h3-4,6H,2,5H2,1H3. The van der Waals surface area contributed by atoms with Crippen molar-refractivity contribution >= 4 is 11.6 Å². The number of hydrogen-bond donors (Lipinski definition) is 0. The van der Waals surface area contributed by atoms with Gasteiger partial charge in [0.15, 0.2) is 0 Å². The molecule has 1 aromatic carbocycles. The third kappa shape index (κ3) is 1.27. The fourth-order valence-corrected chi connectivity index (χ4v) is 2.30. The largest absolute Gasteiger partial charge is 0.283 e. The van der Waals surface area contributed by atoms with Crippen LogP contribution in [0.1, 0.15) is 17.2 Å². The van der Waals surface area contributed by atoms with Gasteiger partial charge in [-0.3, -0.25) is 4.57 Å². The Bertz CT molecular complexity index is 531. The van der Waals surface area contributed by atoms with Crippen molar-refractivity contribution in [3.63, 3.8) is 0 Å². The van der Waals surface area contributed by atoms with Crippen molar-refractivity contribution in [2.45, 2.75) is 19.8 Å². The Kier molecular flexibility index (Phi) is 1.83. The highest BCUT2D eigenvalue weighted by Crippen LogP contribution is 2.27. The Labute approximate surface area is 92.7 Å². The molecule has 0 N–H and O–H groups in total. The fourth-order valence-electron chi connectivity index (χ4n) is 2.10. The molecule has 4 heteroatoms. The van der Waals surface area contributed by atoms with E-state index in [1.165, 1.54) is 11.3 Å². The van der Waals surface area contributed by atoms with Crippen molar-refractivity contribution in [1.29, 1.82) is 0 Å². The van der Waals surface area contributed by atoms with Crippen LogP contribution in [0, 0.1) is 6.92 Å². The van der Waals surface area contributed by atoms with Crippen molar-refractivity contribution in [3.8, 4) is 5.69 Å². The number of aromatic nitrogens is 3. The summed E-state index contributed by atoms with van der Waals surface area (Å²) in [4.78, 5) is 0. The summed E-state index contributed by atoms with van der Waals surface area (Å²) < 4.78 is 2.11. The Morgan fingerprint density at radius 2 is 2.13 bits per heavy atom. The van der Waals surface area contributed by atoms with Gasteiger partial charge in [0.05, 0.1) is 5.69 Å². The first-order valence-corrected chi connectivity index (χ1v) is 5.33. The molecule has 0 aliphatic carbocycles. The molecule has 0 atom stereocenters. The van der Waals surface area contributed by atoms with E-state index in [4.69, 9.17) is 11.6 Å². The molecule has 3 rings (SSSR count). The minimum absolute atomic E-state index is 0.794. The van der Waals surface area contributed by atoms with Crippen molar-refractivity contribution < 1.29 is 0 Å². The molecule has 0 radical (unpaired) electrons. The van der Waals surface area contributed by atoms with Gasteiger partial charge in [0, 0.05) is 11.4 Å². The number of halogens is 1. The van der Waals surface area contributed by atoms with Crippen LogP contribution in [0.25, 0.3) is 5.69 Å². The number of hydrogen-bond acceptors (Lipinski definition) is 2. The van der Waals surface area contributed by atoms with Gasteiger partial charge in [-0.2, -0.15) is 0 Å². The number of rotatable bonds is 0. The highest BCUT2D eigenvalue weighted by Gasteiger charge is 2.19. The lowest BCUT2D eigenvalue weighted by molar-refractivity contribution is 0.766. The number of benzene rings is 1. The van der Waals surface area contributed by atoms with E-state index in [-0.39, 0.29) is 0 Å². The van der Waals surface area contributed by atoms with E-state index in [0.717, 1.165) is 29.5 Å². The molecule has 76 valence electrons. The predicted octanol–water partition coefficient (Wildman–Crippen LogP) is 2.33. The van der Waals surface area contributed by atoms with Crippen LogP contribution in [-0.2, 0) is 12.8 Å². The maximum Gasteiger partial charge on any atom is 0.137 e. The number of nitrogens with zero attached hydrogens (tertiary/aromatic N) is 3. The van der Waals surface area contributed by atoms with Gasteiger partial charge in [-0.1, -0.05) is 11.6 Å². The second-order valence-corrected chi connectivity index (χ2v) is 4.21. The molecule has 1 aliphatic heterocycles. The third-order valence-corrected chi connectivity index (χ3v) is 3.03. The van der Waals surface area contributed by atoms with Crippen molar-refractivity contribution in [3.05, 3.63) is 40.4 Å². The zero-order chi connectivity index (χ0) is 10.4. The lowest BCUT2D eigenvalue weighted by Gasteiger charge is -2.18. The lowest BCUT2D eigenvalue weighted by Crippen LogP contribution is -2.13. The van der Waals surface area contributed by atoms with Gasteiger partial charge in [0.25, 0.3) is 0 Å². The Morgan fingerprint density at radius 1 is 1.27 bits per heavy atom. The average Bonchev–Trinajstić information content (AvgIpc) is 2.60. The molecule has 0 bridgehead atoms. The molecule has 1 aromatic heterocycles. The summed E-state index contributed by atoms with van der Waals surface area (Å²) in [5.41, 5.74) is 2.45. The molecule has 0 spiro atoms. The van der Waals surface area contributed by atoms with E-state index in [1.807, 2.05) is 25.1 Å². The summed E-state index contributed by atoms with van der Waals surface area (Å²) in [6, 6.07) is 5.98. The highest BCUT2D eigenvalue weighted by molar-refractivity contribution is 6.30. The molecule has 0 fully saturated rings. The molecule has 2 aromatic rings. The zero-order valence-electron chi connectivity index (χ0n) is 8.37. The van der Waals surface area contributed by atoms with Gasteiger partial charge in [-0.25, -0.2) is 0 Å². The minimum Gasteiger partial charge on any atom is -0.283 e. The van der Waals surface area contributed by atoms with Crippen LogP contribution < -0.4 is 0 Å². The number of fused-ring (bicyclic) bond motifs is 3. The predicted molar refractivity (Wildman–Crippen MR) is 58.5 cm³/mol. The molecule has 0 saturated carbocycles. The van der Waals surface area contributed by atoms with Crippen LogP contribution in [0.3, 0.4) is 0 Å². The smallest absolute Gasteiger partial charge is 0.137 e. The molecule has 15 heavy (non-hydrogen) atoms. The van der Waals surface area contributed by atoms with Crippen LogP contribution in [0.5, 0.6) is 0 Å². The van der Waals surface area contributed by atoms with Crippen LogP contribution in [-0.4, -0.2) is 14.8 Å². The summed E-state index contributed by atoms with van der Waals surface area (Å²) in [6.45, 7) is 1.97. The molecular formula is C11H10ClN3. The van der Waals surface area contributed by atoms with Crippen LogP contribution in [0.15, 0.2) is 18.2 Å². The first-order valence-electron chi connectivity index (χ1n) is 4.95. The van der Waals surface area contributed by atoms with E-state index in [2.05, 4.69) is 14.8 Å². The first-order chi connectivity index (χ1) is 7.25. The second-order valence-electron chi connectivity index (χ2n) is 3.77. The van der Waals surface area contributed by atoms with Gasteiger partial charge < -0.3 is 0 Å². The summed E-state index contributed by atoms with van der Waals surface area (Å²) in [7, 11) is 0. The van der Waals surface area contributed by atoms with Crippen LogP contribution in [0.2, 0.25) is 5.02 Å². The summed E-state index contributed by atoms with van der Waals surface area (Å²) in [5, 5.41) is 9.05. The van der Waals surface area contributed by atoms with Crippen molar-refractivity contribution in [2.75, 3.05) is 0 Å². The van der Waals surface area contributed by atoms with E-state index in [1.54, 1.807) is 0 Å². The Morgan fingerprint density at radius 3 is 3.00 bits per heavy atom. The van der Waals surface area contributed by atoms with Gasteiger partial charge in [0.2, 0.25) is 0 Å². The van der Waals surface area contributed by atoms with Crippen LogP contribution in [0.4, 0.5) is 0 Å². The molecular weight excluding hydrogens is 210 g/mol. The fraction of sp³-hybridized carbons (Fsp3) is 0.273. The zero-order valence-corrected chi connectivity index (χ0v) is 9.12. The SMILES string of the molecule is Cc1nnc2n1-c1ccc(Cl)cc1CC2. The maximum atomic E-state index is 5.98. The second kappa shape index (κ2) is 3.07. The molecule has 0 amide bonds. The Balaban J connectivity index is 2.29. The molecule has 1 aliphatic rings.